The van der Waals surface area contributed by atoms with E-state index in [0.717, 1.165) is 29.5 Å². The Morgan fingerprint density at radius 3 is 2.14 bits per heavy atom. The van der Waals surface area contributed by atoms with Crippen LogP contribution >= 0.6 is 0 Å². The van der Waals surface area contributed by atoms with Crippen LogP contribution < -0.4 is 10.6 Å². The van der Waals surface area contributed by atoms with Crippen LogP contribution in [0.25, 0.3) is 0 Å². The number of amides is 3. The summed E-state index contributed by atoms with van der Waals surface area (Å²) in [6.07, 6.45) is 1.63. The fourth-order valence-corrected chi connectivity index (χ4v) is 3.95. The van der Waals surface area contributed by atoms with Crippen LogP contribution in [-0.2, 0) is 14.3 Å². The van der Waals surface area contributed by atoms with E-state index in [4.69, 9.17) is 4.74 Å². The van der Waals surface area contributed by atoms with E-state index in [2.05, 4.69) is 17.6 Å². The van der Waals surface area contributed by atoms with Crippen LogP contribution in [0.3, 0.4) is 0 Å². The third-order valence-corrected chi connectivity index (χ3v) is 6.19. The molecule has 0 aliphatic heterocycles. The standard InChI is InChI=1S/C29H49N3O4/c1-12-14-18-32(26(34)23(19(3)13-2)30-27(35)36-29(9,10)11)24(25(33)31-28(6,7)8)22-17-15-16-20(4)21(22)5/h15-17,19,23-24H,12-14,18H2,1-11H3,(H,30,35)(H,31,33). The Labute approximate surface area is 218 Å². The number of hydrogen-bond acceptors (Lipinski definition) is 4. The zero-order chi connectivity index (χ0) is 27.8. The molecule has 0 fully saturated rings. The maximum absolute atomic E-state index is 14.2. The summed E-state index contributed by atoms with van der Waals surface area (Å²) in [5, 5.41) is 5.90. The van der Waals surface area contributed by atoms with Crippen LogP contribution in [0.4, 0.5) is 4.79 Å². The first-order chi connectivity index (χ1) is 16.5. The van der Waals surface area contributed by atoms with Gasteiger partial charge < -0.3 is 20.3 Å². The summed E-state index contributed by atoms with van der Waals surface area (Å²) in [4.78, 5) is 42.4. The second-order valence-corrected chi connectivity index (χ2v) is 11.8. The Bertz CT molecular complexity index is 899. The lowest BCUT2D eigenvalue weighted by atomic mass is 9.92. The molecule has 36 heavy (non-hydrogen) atoms. The number of alkyl carbamates (subject to hydrolysis) is 1. The predicted octanol–water partition coefficient (Wildman–Crippen LogP) is 5.83. The molecule has 0 aliphatic rings. The third-order valence-electron chi connectivity index (χ3n) is 6.19. The molecule has 3 atom stereocenters. The van der Waals surface area contributed by atoms with Crippen molar-refractivity contribution in [2.24, 2.45) is 5.92 Å². The monoisotopic (exact) mass is 503 g/mol. The van der Waals surface area contributed by atoms with Gasteiger partial charge in [-0.15, -0.1) is 0 Å². The lowest BCUT2D eigenvalue weighted by molar-refractivity contribution is -0.144. The molecule has 7 heteroatoms. The Morgan fingerprint density at radius 1 is 1.03 bits per heavy atom. The van der Waals surface area contributed by atoms with Gasteiger partial charge in [0.1, 0.15) is 17.7 Å². The fraction of sp³-hybridized carbons (Fsp3) is 0.690. The van der Waals surface area contributed by atoms with Crippen LogP contribution in [0, 0.1) is 19.8 Å². The van der Waals surface area contributed by atoms with Crippen molar-refractivity contribution in [3.63, 3.8) is 0 Å². The van der Waals surface area contributed by atoms with Crippen LogP contribution in [0.5, 0.6) is 0 Å². The first-order valence-electron chi connectivity index (χ1n) is 13.2. The van der Waals surface area contributed by atoms with Gasteiger partial charge in [-0.05, 0) is 84.4 Å². The van der Waals surface area contributed by atoms with Gasteiger partial charge in [-0.2, -0.15) is 0 Å². The van der Waals surface area contributed by atoms with Crippen molar-refractivity contribution in [3.05, 3.63) is 34.9 Å². The van der Waals surface area contributed by atoms with Gasteiger partial charge in [-0.1, -0.05) is 51.8 Å². The number of nitrogens with zero attached hydrogens (tertiary/aromatic N) is 1. The summed E-state index contributed by atoms with van der Waals surface area (Å²) in [7, 11) is 0. The van der Waals surface area contributed by atoms with Crippen molar-refractivity contribution >= 4 is 17.9 Å². The molecule has 0 spiro atoms. The molecule has 3 amide bonds. The molecule has 1 aromatic carbocycles. The van der Waals surface area contributed by atoms with Gasteiger partial charge in [-0.3, -0.25) is 9.59 Å². The average molecular weight is 504 g/mol. The van der Waals surface area contributed by atoms with Gasteiger partial charge in [0.05, 0.1) is 0 Å². The fourth-order valence-electron chi connectivity index (χ4n) is 3.95. The number of aryl methyl sites for hydroxylation is 1. The van der Waals surface area contributed by atoms with E-state index in [9.17, 15) is 14.4 Å². The zero-order valence-corrected chi connectivity index (χ0v) is 24.4. The number of rotatable bonds is 10. The van der Waals surface area contributed by atoms with E-state index in [0.29, 0.717) is 13.0 Å². The van der Waals surface area contributed by atoms with Crippen molar-refractivity contribution in [1.29, 1.82) is 0 Å². The van der Waals surface area contributed by atoms with Crippen LogP contribution in [-0.4, -0.2) is 46.5 Å². The second-order valence-electron chi connectivity index (χ2n) is 11.8. The highest BCUT2D eigenvalue weighted by Gasteiger charge is 2.39. The van der Waals surface area contributed by atoms with E-state index in [-0.39, 0.29) is 17.7 Å². The molecule has 0 radical (unpaired) electrons. The Kier molecular flexibility index (Phi) is 11.5. The van der Waals surface area contributed by atoms with E-state index in [1.807, 2.05) is 66.7 Å². The highest BCUT2D eigenvalue weighted by Crippen LogP contribution is 2.29. The van der Waals surface area contributed by atoms with Crippen molar-refractivity contribution in [1.82, 2.24) is 15.5 Å². The molecule has 0 aliphatic carbocycles. The minimum Gasteiger partial charge on any atom is -0.444 e. The van der Waals surface area contributed by atoms with E-state index in [1.54, 1.807) is 25.7 Å². The van der Waals surface area contributed by atoms with Crippen molar-refractivity contribution in [2.75, 3.05) is 6.54 Å². The summed E-state index contributed by atoms with van der Waals surface area (Å²) >= 11 is 0. The SMILES string of the molecule is CCCCN(C(=O)C(NC(=O)OC(C)(C)C)C(C)CC)C(C(=O)NC(C)(C)C)c1cccc(C)c1C. The molecule has 204 valence electrons. The molecule has 1 aromatic rings. The highest BCUT2D eigenvalue weighted by atomic mass is 16.6. The Balaban J connectivity index is 3.62. The van der Waals surface area contributed by atoms with Crippen molar-refractivity contribution in [2.45, 2.75) is 119 Å². The Morgan fingerprint density at radius 2 is 1.64 bits per heavy atom. The van der Waals surface area contributed by atoms with Gasteiger partial charge >= 0.3 is 6.09 Å². The number of hydrogen-bond donors (Lipinski definition) is 2. The molecule has 2 N–H and O–H groups in total. The largest absolute Gasteiger partial charge is 0.444 e. The molecule has 3 unspecified atom stereocenters. The Hall–Kier alpha value is -2.57. The second kappa shape index (κ2) is 13.1. The van der Waals surface area contributed by atoms with Crippen LogP contribution in [0.1, 0.15) is 104 Å². The van der Waals surface area contributed by atoms with Gasteiger partial charge in [-0.25, -0.2) is 4.79 Å². The van der Waals surface area contributed by atoms with E-state index < -0.39 is 29.3 Å². The number of ether oxygens (including phenoxy) is 1. The lowest BCUT2D eigenvalue weighted by Crippen LogP contribution is -2.56. The zero-order valence-electron chi connectivity index (χ0n) is 24.4. The summed E-state index contributed by atoms with van der Waals surface area (Å²) < 4.78 is 5.47. The molecule has 0 aromatic heterocycles. The van der Waals surface area contributed by atoms with Gasteiger partial charge in [0.25, 0.3) is 0 Å². The number of unbranched alkanes of at least 4 members (excludes halogenated alkanes) is 1. The third kappa shape index (κ3) is 9.47. The van der Waals surface area contributed by atoms with Gasteiger partial charge in [0.15, 0.2) is 0 Å². The summed E-state index contributed by atoms with van der Waals surface area (Å²) in [5.74, 6) is -0.668. The van der Waals surface area contributed by atoms with Crippen LogP contribution in [0.15, 0.2) is 18.2 Å². The average Bonchev–Trinajstić information content (AvgIpc) is 2.74. The van der Waals surface area contributed by atoms with Gasteiger partial charge in [0, 0.05) is 12.1 Å². The number of carbonyl (C=O) groups excluding carboxylic acids is 3. The van der Waals surface area contributed by atoms with Crippen molar-refractivity contribution in [3.8, 4) is 0 Å². The van der Waals surface area contributed by atoms with Crippen molar-refractivity contribution < 1.29 is 19.1 Å². The molecular formula is C29H49N3O4. The maximum atomic E-state index is 14.2. The highest BCUT2D eigenvalue weighted by molar-refractivity contribution is 5.92. The summed E-state index contributed by atoms with van der Waals surface area (Å²) in [6.45, 7) is 21.5. The quantitative estimate of drug-likeness (QED) is 0.421. The smallest absolute Gasteiger partial charge is 0.408 e. The minimum absolute atomic E-state index is 0.154. The van der Waals surface area contributed by atoms with Crippen LogP contribution in [0.2, 0.25) is 0 Å². The molecule has 0 saturated heterocycles. The number of carbonyl (C=O) groups is 3. The first-order valence-corrected chi connectivity index (χ1v) is 13.2. The lowest BCUT2D eigenvalue weighted by Gasteiger charge is -2.38. The van der Waals surface area contributed by atoms with E-state index >= 15 is 0 Å². The minimum atomic E-state index is -0.824. The maximum Gasteiger partial charge on any atom is 0.408 e. The molecule has 0 saturated carbocycles. The molecule has 1 rings (SSSR count). The molecule has 0 heterocycles. The predicted molar refractivity (Wildman–Crippen MR) is 146 cm³/mol. The normalized spacial score (nSPS) is 14.4. The summed E-state index contributed by atoms with van der Waals surface area (Å²) in [6, 6.07) is 4.19. The first kappa shape index (κ1) is 31.5. The van der Waals surface area contributed by atoms with E-state index in [1.165, 1.54) is 0 Å². The number of benzene rings is 1. The van der Waals surface area contributed by atoms with Gasteiger partial charge in [0.2, 0.25) is 11.8 Å². The topological polar surface area (TPSA) is 87.7 Å². The number of nitrogens with one attached hydrogen (secondary N) is 2. The molecule has 7 nitrogen and oxygen atoms in total. The molecular weight excluding hydrogens is 454 g/mol. The summed E-state index contributed by atoms with van der Waals surface area (Å²) in [5.41, 5.74) is 1.65. The molecule has 0 bridgehead atoms.